The number of piperazine rings is 1. The molecule has 2 N–H and O–H groups in total. The molecule has 522 valence electrons. The number of benzene rings is 3. The molecule has 0 spiro atoms. The molecular weight excluding hydrogens is 1330 g/mol. The Balaban J connectivity index is 0.976. The number of piperidine rings is 1. The number of pyridine rings is 1. The zero-order valence-electron chi connectivity index (χ0n) is 54.0. The Hall–Kier alpha value is -5.19. The van der Waals surface area contributed by atoms with Crippen molar-refractivity contribution >= 4 is 49.3 Å². The van der Waals surface area contributed by atoms with Gasteiger partial charge in [-0.05, 0) is 85.9 Å². The van der Waals surface area contributed by atoms with Crippen LogP contribution in [0.2, 0.25) is 0 Å². The van der Waals surface area contributed by atoms with Crippen molar-refractivity contribution < 1.29 is 62.9 Å². The number of nitrogens with zero attached hydrogens (tertiary/aromatic N) is 12. The number of alkyl halides is 6. The van der Waals surface area contributed by atoms with Gasteiger partial charge in [0.05, 0.1) is 92.3 Å². The van der Waals surface area contributed by atoms with E-state index in [2.05, 4.69) is 29.5 Å². The molecule has 20 nitrogen and oxygen atoms in total. The van der Waals surface area contributed by atoms with Crippen LogP contribution in [0.3, 0.4) is 0 Å². The molecule has 9 heterocycles. The molecule has 0 aliphatic carbocycles. The number of rotatable bonds is 23. The van der Waals surface area contributed by atoms with E-state index in [9.17, 15) is 40.2 Å². The van der Waals surface area contributed by atoms with E-state index in [0.29, 0.717) is 150 Å². The van der Waals surface area contributed by atoms with Crippen LogP contribution >= 0.6 is 23.5 Å². The highest BCUT2D eigenvalue weighted by Crippen LogP contribution is 2.44. The second-order valence-electron chi connectivity index (χ2n) is 25.7. The fourth-order valence-corrected chi connectivity index (χ4v) is 18.3. The number of aromatic nitrogens is 5. The number of likely N-dealkylation sites (tertiary alicyclic amines) is 1. The van der Waals surface area contributed by atoms with Gasteiger partial charge in [-0.2, -0.15) is 45.2 Å². The van der Waals surface area contributed by atoms with Crippen molar-refractivity contribution in [3.8, 4) is 22.5 Å². The third-order valence-corrected chi connectivity index (χ3v) is 24.2. The van der Waals surface area contributed by atoms with Crippen molar-refractivity contribution in [2.45, 2.75) is 97.7 Å². The van der Waals surface area contributed by atoms with Crippen molar-refractivity contribution in [3.63, 3.8) is 0 Å². The molecule has 6 aromatic rings. The van der Waals surface area contributed by atoms with Crippen molar-refractivity contribution in [3.05, 3.63) is 130 Å². The molecule has 3 aromatic heterocycles. The number of thioether (sulfide) groups is 2. The predicted octanol–water partition coefficient (Wildman–Crippen LogP) is 7.36. The maximum Gasteiger partial charge on any atom is 0.417 e. The summed E-state index contributed by atoms with van der Waals surface area (Å²) in [6.07, 6.45) is -4.62. The van der Waals surface area contributed by atoms with E-state index < -0.39 is 67.8 Å². The molecule has 3 aromatic carbocycles. The van der Waals surface area contributed by atoms with Crippen LogP contribution in [0.4, 0.5) is 32.0 Å². The summed E-state index contributed by atoms with van der Waals surface area (Å²) in [7, 11) is -7.65. The van der Waals surface area contributed by atoms with Gasteiger partial charge in [-0.25, -0.2) is 16.8 Å². The first-order valence-electron chi connectivity index (χ1n) is 32.8. The lowest BCUT2D eigenvalue weighted by Crippen LogP contribution is -2.60. The highest BCUT2D eigenvalue weighted by molar-refractivity contribution is 7.99. The molecule has 0 amide bonds. The quantitative estimate of drug-likeness (QED) is 0.0476. The van der Waals surface area contributed by atoms with Crippen LogP contribution in [0.5, 0.6) is 0 Å². The van der Waals surface area contributed by atoms with Gasteiger partial charge in [-0.3, -0.25) is 29.0 Å². The number of aliphatic hydroxyl groups is 2. The number of fused-ring (bicyclic) bond motifs is 2. The first-order chi connectivity index (χ1) is 45.9. The molecule has 12 rings (SSSR count). The summed E-state index contributed by atoms with van der Waals surface area (Å²) in [5.74, 6) is 0.922. The predicted molar refractivity (Wildman–Crippen MR) is 357 cm³/mol. The van der Waals surface area contributed by atoms with Gasteiger partial charge in [0.2, 0.25) is 20.0 Å². The zero-order chi connectivity index (χ0) is 67.5. The molecule has 0 radical (unpaired) electrons. The van der Waals surface area contributed by atoms with Gasteiger partial charge in [0, 0.05) is 184 Å². The Bertz CT molecular complexity index is 3850. The summed E-state index contributed by atoms with van der Waals surface area (Å²) < 4.78 is 161. The maximum absolute atomic E-state index is 15.1. The number of aliphatic hydroxyl groups excluding tert-OH is 2. The molecular formula is C66H84F6N12O8S4. The number of hydrogen-bond donors (Lipinski definition) is 2. The maximum atomic E-state index is 15.1. The van der Waals surface area contributed by atoms with E-state index in [4.69, 9.17) is 19.7 Å². The average Bonchev–Trinajstić information content (AvgIpc) is 1.58. The van der Waals surface area contributed by atoms with Gasteiger partial charge in [-0.1, -0.05) is 30.3 Å². The summed E-state index contributed by atoms with van der Waals surface area (Å²) in [6.45, 7) is 8.29. The smallest absolute Gasteiger partial charge is 0.389 e. The lowest BCUT2D eigenvalue weighted by Gasteiger charge is -2.47. The van der Waals surface area contributed by atoms with Gasteiger partial charge >= 0.3 is 12.4 Å². The van der Waals surface area contributed by atoms with Crippen LogP contribution in [0.25, 0.3) is 22.5 Å². The fourth-order valence-electron chi connectivity index (χ4n) is 14.5. The van der Waals surface area contributed by atoms with Gasteiger partial charge in [-0.15, -0.1) is 23.5 Å². The Morgan fingerprint density at radius 1 is 0.573 bits per heavy atom. The van der Waals surface area contributed by atoms with E-state index in [1.165, 1.54) is 32.9 Å². The molecule has 4 saturated heterocycles. The number of sulfonamides is 2. The second-order valence-corrected chi connectivity index (χ2v) is 32.0. The number of para-hydroxylation sites is 1. The van der Waals surface area contributed by atoms with Crippen LogP contribution in [-0.2, 0) is 74.3 Å². The van der Waals surface area contributed by atoms with E-state index in [0.717, 1.165) is 72.3 Å². The van der Waals surface area contributed by atoms with E-state index >= 15 is 13.2 Å². The summed E-state index contributed by atoms with van der Waals surface area (Å²) >= 11 is 2.15. The topological polar surface area (TPSA) is 198 Å². The summed E-state index contributed by atoms with van der Waals surface area (Å²) in [5.41, 5.74) is 3.67. The Morgan fingerprint density at radius 2 is 1.07 bits per heavy atom. The van der Waals surface area contributed by atoms with Gasteiger partial charge in [0.25, 0.3) is 0 Å². The first kappa shape index (κ1) is 70.7. The Morgan fingerprint density at radius 3 is 1.59 bits per heavy atom. The van der Waals surface area contributed by atoms with Crippen molar-refractivity contribution in [1.29, 1.82) is 0 Å². The summed E-state index contributed by atoms with van der Waals surface area (Å²) in [6, 6.07) is 19.5. The van der Waals surface area contributed by atoms with Crippen LogP contribution in [0.1, 0.15) is 64.0 Å². The minimum atomic E-state index is -4.72. The monoisotopic (exact) mass is 1410 g/mol. The minimum Gasteiger partial charge on any atom is -0.389 e. The van der Waals surface area contributed by atoms with E-state index in [-0.39, 0.29) is 79.2 Å². The van der Waals surface area contributed by atoms with Crippen LogP contribution in [0, 0.1) is 0 Å². The van der Waals surface area contributed by atoms with Crippen LogP contribution < -0.4 is 4.90 Å². The van der Waals surface area contributed by atoms with Crippen molar-refractivity contribution in [2.24, 2.45) is 0 Å². The first-order valence-corrected chi connectivity index (χ1v) is 38.5. The zero-order valence-corrected chi connectivity index (χ0v) is 57.2. The number of anilines is 1. The number of β-amino-alcohol motifs (C(OH)–C–C–N with tert-alkyl or cyclic N) is 1. The lowest BCUT2D eigenvalue weighted by molar-refractivity contribution is -0.140. The number of ether oxygens (including phenoxy) is 2. The largest absolute Gasteiger partial charge is 0.417 e. The standard InChI is InChI=1S/C66H84F6N12O8S4/c1-95(87,88)81-22-16-55-51(42-81)61(48-8-10-53(65(67,68)69)59(40-48)93-38-32-76-28-34-91-35-29-76)74-83(55)45-58(86)63(80-26-24-79(25-27-80)50-6-4-3-5-7-50)64(57(85)44-78-20-14-47(15-21-78)46-12-18-73-19-13-46)84-56-17-23-82(96(2,89)90)43-52(56)62(75-84)49-9-11-54(66(70,71)72)60(41-49)94-39-33-77-30-36-92-37-31-77/h3-13,18-19,40-41,47,57-58,63-64,85-86H,14-17,20-39,42-45H2,1-2H3. The van der Waals surface area contributed by atoms with E-state index in [1.807, 2.05) is 42.5 Å². The van der Waals surface area contributed by atoms with Crippen LogP contribution in [-0.4, -0.2) is 247 Å². The molecule has 4 fully saturated rings. The molecule has 0 saturated carbocycles. The summed E-state index contributed by atoms with van der Waals surface area (Å²) in [5, 5.41) is 37.9. The highest BCUT2D eigenvalue weighted by atomic mass is 32.2. The molecule has 96 heavy (non-hydrogen) atoms. The third-order valence-electron chi connectivity index (χ3n) is 19.6. The minimum absolute atomic E-state index is 0.0165. The molecule has 4 unspecified atom stereocenters. The fraction of sp³-hybridized carbons (Fsp3) is 0.561. The third kappa shape index (κ3) is 16.6. The molecule has 6 aliphatic heterocycles. The molecule has 4 atom stereocenters. The Labute approximate surface area is 566 Å². The number of hydrogen-bond acceptors (Lipinski definition) is 18. The lowest BCUT2D eigenvalue weighted by atomic mass is 9.89. The molecule has 0 bridgehead atoms. The summed E-state index contributed by atoms with van der Waals surface area (Å²) in [4.78, 5) is 15.0. The van der Waals surface area contributed by atoms with Crippen molar-refractivity contribution in [1.82, 2.24) is 52.8 Å². The highest BCUT2D eigenvalue weighted by Gasteiger charge is 2.46. The van der Waals surface area contributed by atoms with Crippen LogP contribution in [0.15, 0.2) is 101 Å². The Kier molecular flexibility index (Phi) is 22.3. The van der Waals surface area contributed by atoms with E-state index in [1.54, 1.807) is 21.8 Å². The molecule has 30 heteroatoms. The SMILES string of the molecule is CS(=O)(=O)N1CCc2c(c(-c3ccc(C(F)(F)F)c(SCCN4CCOCC4)c3)nn2CC(O)C(C(C(O)CN2CCC(c3ccncc3)CC2)n2nc(-c3ccc(C(F)(F)F)c(SCCN4CCOCC4)c3)c3c2CCN(S(C)(=O)=O)C3)N2CCN(c3ccccc3)CC2)C1. The normalized spacial score (nSPS) is 20.5. The molecule has 6 aliphatic rings. The van der Waals surface area contributed by atoms with Gasteiger partial charge in [0.1, 0.15) is 0 Å². The van der Waals surface area contributed by atoms with Gasteiger partial charge < -0.3 is 29.5 Å². The number of morpholine rings is 2. The van der Waals surface area contributed by atoms with Crippen molar-refractivity contribution in [2.75, 3.05) is 154 Å². The number of halogens is 6. The average molecular weight is 1420 g/mol. The second kappa shape index (κ2) is 30.3. The van der Waals surface area contributed by atoms with Gasteiger partial charge in [0.15, 0.2) is 0 Å².